The topological polar surface area (TPSA) is 21.3 Å². The van der Waals surface area contributed by atoms with Gasteiger partial charge in [-0.2, -0.15) is 0 Å². The number of benzene rings is 1. The van der Waals surface area contributed by atoms with Crippen molar-refractivity contribution in [3.8, 4) is 5.75 Å². The van der Waals surface area contributed by atoms with Crippen LogP contribution in [0.5, 0.6) is 5.75 Å². The fraction of sp³-hybridized carbons (Fsp3) is 0.625. The van der Waals surface area contributed by atoms with E-state index in [-0.39, 0.29) is 6.10 Å². The first kappa shape index (κ1) is 13.4. The molecule has 2 nitrogen and oxygen atoms in total. The average molecular weight is 247 g/mol. The Kier molecular flexibility index (Phi) is 4.65. The molecule has 0 radical (unpaired) electrons. The van der Waals surface area contributed by atoms with E-state index in [2.05, 4.69) is 44.3 Å². The minimum Gasteiger partial charge on any atom is -0.491 e. The highest BCUT2D eigenvalue weighted by molar-refractivity contribution is 5.28. The van der Waals surface area contributed by atoms with E-state index in [0.717, 1.165) is 30.7 Å². The third-order valence-corrected chi connectivity index (χ3v) is 3.49. The molecule has 0 spiro atoms. The molecule has 0 bridgehead atoms. The number of nitrogens with one attached hydrogen (secondary N) is 1. The maximum atomic E-state index is 5.70. The van der Waals surface area contributed by atoms with Crippen LogP contribution >= 0.6 is 0 Å². The van der Waals surface area contributed by atoms with Gasteiger partial charge in [0.2, 0.25) is 0 Å². The molecule has 100 valence electrons. The third-order valence-electron chi connectivity index (χ3n) is 3.49. The first-order valence-electron chi connectivity index (χ1n) is 7.11. The van der Waals surface area contributed by atoms with Crippen LogP contribution in [-0.2, 0) is 6.54 Å². The molecule has 0 saturated heterocycles. The van der Waals surface area contributed by atoms with Gasteiger partial charge in [0.1, 0.15) is 5.75 Å². The summed E-state index contributed by atoms with van der Waals surface area (Å²) >= 11 is 0. The summed E-state index contributed by atoms with van der Waals surface area (Å²) in [6, 6.07) is 8.38. The number of ether oxygens (including phenoxy) is 1. The summed E-state index contributed by atoms with van der Waals surface area (Å²) in [7, 11) is 0. The van der Waals surface area contributed by atoms with E-state index in [1.807, 2.05) is 6.07 Å². The van der Waals surface area contributed by atoms with Crippen LogP contribution in [0.1, 0.15) is 39.2 Å². The minimum absolute atomic E-state index is 0.239. The van der Waals surface area contributed by atoms with Gasteiger partial charge in [-0.1, -0.05) is 19.1 Å². The van der Waals surface area contributed by atoms with Crippen molar-refractivity contribution in [3.05, 3.63) is 29.8 Å². The van der Waals surface area contributed by atoms with E-state index in [4.69, 9.17) is 4.74 Å². The standard InChI is InChI=1S/C16H25NO/c1-12(2)18-16-6-4-5-14(9-16)11-17-10-13(3)15-7-8-15/h4-6,9,12-13,15,17H,7-8,10-11H2,1-3H3. The van der Waals surface area contributed by atoms with Crippen molar-refractivity contribution in [2.24, 2.45) is 11.8 Å². The normalized spacial score (nSPS) is 16.9. The Balaban J connectivity index is 1.77. The predicted octanol–water partition coefficient (Wildman–Crippen LogP) is 3.61. The van der Waals surface area contributed by atoms with Gasteiger partial charge in [0.05, 0.1) is 6.10 Å². The molecule has 0 aliphatic heterocycles. The third kappa shape index (κ3) is 4.34. The molecule has 0 heterocycles. The zero-order valence-corrected chi connectivity index (χ0v) is 11.8. The van der Waals surface area contributed by atoms with Gasteiger partial charge < -0.3 is 10.1 Å². The summed E-state index contributed by atoms with van der Waals surface area (Å²) < 4.78 is 5.70. The van der Waals surface area contributed by atoms with E-state index >= 15 is 0 Å². The van der Waals surface area contributed by atoms with Gasteiger partial charge >= 0.3 is 0 Å². The lowest BCUT2D eigenvalue weighted by atomic mass is 10.1. The van der Waals surface area contributed by atoms with E-state index in [1.165, 1.54) is 18.4 Å². The molecule has 18 heavy (non-hydrogen) atoms. The molecule has 1 aliphatic carbocycles. The van der Waals surface area contributed by atoms with Crippen molar-refractivity contribution < 1.29 is 4.74 Å². The van der Waals surface area contributed by atoms with Gasteiger partial charge in [-0.3, -0.25) is 0 Å². The van der Waals surface area contributed by atoms with Gasteiger partial charge in [-0.05, 0) is 62.8 Å². The summed E-state index contributed by atoms with van der Waals surface area (Å²) in [5, 5.41) is 3.55. The number of hydrogen-bond donors (Lipinski definition) is 1. The Hall–Kier alpha value is -1.02. The van der Waals surface area contributed by atoms with Gasteiger partial charge in [0, 0.05) is 6.54 Å². The fourth-order valence-corrected chi connectivity index (χ4v) is 2.28. The summed E-state index contributed by atoms with van der Waals surface area (Å²) in [5.74, 6) is 2.77. The van der Waals surface area contributed by atoms with Crippen LogP contribution in [0.4, 0.5) is 0 Å². The fourth-order valence-electron chi connectivity index (χ4n) is 2.28. The summed E-state index contributed by atoms with van der Waals surface area (Å²) in [4.78, 5) is 0. The molecule has 0 aromatic heterocycles. The van der Waals surface area contributed by atoms with Gasteiger partial charge in [-0.25, -0.2) is 0 Å². The van der Waals surface area contributed by atoms with Gasteiger partial charge in [-0.15, -0.1) is 0 Å². The summed E-state index contributed by atoms with van der Waals surface area (Å²) in [5.41, 5.74) is 1.30. The van der Waals surface area contributed by atoms with Crippen molar-refractivity contribution in [2.75, 3.05) is 6.54 Å². The van der Waals surface area contributed by atoms with Crippen LogP contribution in [0, 0.1) is 11.8 Å². The Morgan fingerprint density at radius 1 is 1.28 bits per heavy atom. The quantitative estimate of drug-likeness (QED) is 0.794. The van der Waals surface area contributed by atoms with E-state index in [9.17, 15) is 0 Å². The molecule has 1 atom stereocenters. The van der Waals surface area contributed by atoms with Crippen LogP contribution in [0.3, 0.4) is 0 Å². The largest absolute Gasteiger partial charge is 0.491 e. The Bertz CT molecular complexity index is 371. The second kappa shape index (κ2) is 6.24. The van der Waals surface area contributed by atoms with Crippen LogP contribution in [0.25, 0.3) is 0 Å². The summed E-state index contributed by atoms with van der Waals surface area (Å²) in [6.45, 7) is 8.53. The van der Waals surface area contributed by atoms with Crippen LogP contribution in [0.15, 0.2) is 24.3 Å². The average Bonchev–Trinajstić information content (AvgIpc) is 3.12. The van der Waals surface area contributed by atoms with Crippen LogP contribution < -0.4 is 10.1 Å². The smallest absolute Gasteiger partial charge is 0.120 e. The second-order valence-corrected chi connectivity index (χ2v) is 5.76. The van der Waals surface area contributed by atoms with Crippen LogP contribution in [0.2, 0.25) is 0 Å². The SMILES string of the molecule is CC(C)Oc1cccc(CNCC(C)C2CC2)c1. The molecule has 1 N–H and O–H groups in total. The molecular formula is C16H25NO. The second-order valence-electron chi connectivity index (χ2n) is 5.76. The lowest BCUT2D eigenvalue weighted by molar-refractivity contribution is 0.242. The highest BCUT2D eigenvalue weighted by atomic mass is 16.5. The Labute approximate surface area is 111 Å². The zero-order chi connectivity index (χ0) is 13.0. The maximum Gasteiger partial charge on any atom is 0.120 e. The Morgan fingerprint density at radius 2 is 2.06 bits per heavy atom. The van der Waals surface area contributed by atoms with Crippen molar-refractivity contribution in [1.29, 1.82) is 0 Å². The first-order valence-corrected chi connectivity index (χ1v) is 7.11. The molecule has 1 unspecified atom stereocenters. The molecule has 0 amide bonds. The van der Waals surface area contributed by atoms with E-state index in [0.29, 0.717) is 0 Å². The number of hydrogen-bond acceptors (Lipinski definition) is 2. The molecule has 1 aromatic rings. The highest BCUT2D eigenvalue weighted by Gasteiger charge is 2.27. The van der Waals surface area contributed by atoms with E-state index in [1.54, 1.807) is 0 Å². The minimum atomic E-state index is 0.239. The van der Waals surface area contributed by atoms with Gasteiger partial charge in [0.25, 0.3) is 0 Å². The van der Waals surface area contributed by atoms with Crippen molar-refractivity contribution in [1.82, 2.24) is 5.32 Å². The number of rotatable bonds is 7. The first-order chi connectivity index (χ1) is 8.65. The molecule has 2 heteroatoms. The molecular weight excluding hydrogens is 222 g/mol. The zero-order valence-electron chi connectivity index (χ0n) is 11.8. The lowest BCUT2D eigenvalue weighted by Gasteiger charge is -2.13. The monoisotopic (exact) mass is 247 g/mol. The molecule has 2 rings (SSSR count). The highest BCUT2D eigenvalue weighted by Crippen LogP contribution is 2.36. The van der Waals surface area contributed by atoms with Crippen molar-refractivity contribution in [3.63, 3.8) is 0 Å². The van der Waals surface area contributed by atoms with E-state index < -0.39 is 0 Å². The molecule has 1 aromatic carbocycles. The Morgan fingerprint density at radius 3 is 2.72 bits per heavy atom. The lowest BCUT2D eigenvalue weighted by Crippen LogP contribution is -2.21. The van der Waals surface area contributed by atoms with Crippen LogP contribution in [-0.4, -0.2) is 12.6 Å². The van der Waals surface area contributed by atoms with Crippen molar-refractivity contribution >= 4 is 0 Å². The predicted molar refractivity (Wildman–Crippen MR) is 75.8 cm³/mol. The maximum absolute atomic E-state index is 5.70. The molecule has 1 saturated carbocycles. The van der Waals surface area contributed by atoms with Crippen molar-refractivity contribution in [2.45, 2.75) is 46.3 Å². The summed E-state index contributed by atoms with van der Waals surface area (Å²) in [6.07, 6.45) is 3.10. The molecule has 1 aliphatic rings. The van der Waals surface area contributed by atoms with Gasteiger partial charge in [0.15, 0.2) is 0 Å². The molecule has 1 fully saturated rings.